The molecular weight excluding hydrogens is 302 g/mol. The molecule has 1 atom stereocenters. The molecule has 1 aromatic carbocycles. The Labute approximate surface area is 138 Å². The smallest absolute Gasteiger partial charge is 0.179 e. The Hall–Kier alpha value is -0.970. The minimum Gasteiger partial charge on any atom is -0.493 e. The lowest BCUT2D eigenvalue weighted by Crippen LogP contribution is -2.28. The van der Waals surface area contributed by atoms with Gasteiger partial charge in [-0.1, -0.05) is 18.5 Å². The predicted molar refractivity (Wildman–Crippen MR) is 89.0 cm³/mol. The van der Waals surface area contributed by atoms with Crippen LogP contribution in [0.2, 0.25) is 5.02 Å². The van der Waals surface area contributed by atoms with Crippen molar-refractivity contribution in [2.75, 3.05) is 33.5 Å². The highest BCUT2D eigenvalue weighted by Crippen LogP contribution is 2.36. The highest BCUT2D eigenvalue weighted by molar-refractivity contribution is 6.32. The molecule has 1 unspecified atom stereocenters. The van der Waals surface area contributed by atoms with E-state index in [9.17, 15) is 0 Å². The zero-order valence-electron chi connectivity index (χ0n) is 13.5. The molecular formula is C17H26ClNO3. The molecule has 2 rings (SSSR count). The number of methoxy groups -OCH3 is 1. The summed E-state index contributed by atoms with van der Waals surface area (Å²) < 4.78 is 16.6. The van der Waals surface area contributed by atoms with Gasteiger partial charge in [-0.2, -0.15) is 0 Å². The van der Waals surface area contributed by atoms with Gasteiger partial charge in [0.05, 0.1) is 25.3 Å². The zero-order chi connectivity index (χ0) is 15.8. The maximum absolute atomic E-state index is 6.32. The largest absolute Gasteiger partial charge is 0.493 e. The number of rotatable bonds is 8. The van der Waals surface area contributed by atoms with Crippen molar-refractivity contribution in [1.29, 1.82) is 0 Å². The third kappa shape index (κ3) is 5.04. The molecule has 0 aromatic heterocycles. The summed E-state index contributed by atoms with van der Waals surface area (Å²) in [6.07, 6.45) is 3.34. The van der Waals surface area contributed by atoms with E-state index in [2.05, 4.69) is 12.2 Å². The molecule has 0 saturated carbocycles. The third-order valence-corrected chi connectivity index (χ3v) is 4.04. The minimum atomic E-state index is 0.602. The summed E-state index contributed by atoms with van der Waals surface area (Å²) in [7, 11) is 1.64. The Kier molecular flexibility index (Phi) is 7.30. The molecule has 1 saturated heterocycles. The van der Waals surface area contributed by atoms with Crippen LogP contribution in [0.25, 0.3) is 0 Å². The predicted octanol–water partition coefficient (Wildman–Crippen LogP) is 3.65. The highest BCUT2D eigenvalue weighted by Gasteiger charge is 2.14. The van der Waals surface area contributed by atoms with Crippen LogP contribution in [-0.2, 0) is 11.3 Å². The Balaban J connectivity index is 1.91. The lowest BCUT2D eigenvalue weighted by atomic mass is 10.0. The lowest BCUT2D eigenvalue weighted by Gasteiger charge is -2.22. The standard InChI is InChI=1S/C17H26ClNO3/c1-3-6-22-17-15(18)8-14(9-16(17)20-2)11-19-10-13-5-4-7-21-12-13/h8-9,13,19H,3-7,10-12H2,1-2H3. The molecule has 1 N–H and O–H groups in total. The van der Waals surface area contributed by atoms with Crippen LogP contribution in [0, 0.1) is 5.92 Å². The van der Waals surface area contributed by atoms with Gasteiger partial charge in [-0.15, -0.1) is 0 Å². The Morgan fingerprint density at radius 2 is 2.27 bits per heavy atom. The molecule has 1 aliphatic rings. The average Bonchev–Trinajstić information content (AvgIpc) is 2.54. The fraction of sp³-hybridized carbons (Fsp3) is 0.647. The quantitative estimate of drug-likeness (QED) is 0.791. The van der Waals surface area contributed by atoms with Crippen LogP contribution in [0.3, 0.4) is 0 Å². The number of halogens is 1. The van der Waals surface area contributed by atoms with Gasteiger partial charge in [-0.05, 0) is 42.9 Å². The van der Waals surface area contributed by atoms with Crippen LogP contribution in [0.15, 0.2) is 12.1 Å². The summed E-state index contributed by atoms with van der Waals surface area (Å²) in [5.74, 6) is 1.94. The van der Waals surface area contributed by atoms with Crippen LogP contribution in [0.1, 0.15) is 31.7 Å². The van der Waals surface area contributed by atoms with E-state index in [4.69, 9.17) is 25.8 Å². The van der Waals surface area contributed by atoms with Gasteiger partial charge in [-0.3, -0.25) is 0 Å². The van der Waals surface area contributed by atoms with Crippen molar-refractivity contribution in [3.8, 4) is 11.5 Å². The molecule has 5 heteroatoms. The topological polar surface area (TPSA) is 39.7 Å². The van der Waals surface area contributed by atoms with Crippen molar-refractivity contribution >= 4 is 11.6 Å². The van der Waals surface area contributed by atoms with Crippen molar-refractivity contribution in [2.45, 2.75) is 32.7 Å². The van der Waals surface area contributed by atoms with E-state index in [0.29, 0.717) is 29.0 Å². The number of benzene rings is 1. The summed E-state index contributed by atoms with van der Waals surface area (Å²) in [6, 6.07) is 3.93. The van der Waals surface area contributed by atoms with Crippen molar-refractivity contribution in [3.63, 3.8) is 0 Å². The normalized spacial score (nSPS) is 18.2. The average molecular weight is 328 g/mol. The van der Waals surface area contributed by atoms with Gasteiger partial charge in [0.15, 0.2) is 11.5 Å². The second-order valence-electron chi connectivity index (χ2n) is 5.67. The van der Waals surface area contributed by atoms with Crippen molar-refractivity contribution < 1.29 is 14.2 Å². The van der Waals surface area contributed by atoms with E-state index < -0.39 is 0 Å². The summed E-state index contributed by atoms with van der Waals surface area (Å²) >= 11 is 6.32. The first kappa shape index (κ1) is 17.4. The molecule has 1 aliphatic heterocycles. The molecule has 0 bridgehead atoms. The summed E-state index contributed by atoms with van der Waals surface area (Å²) in [6.45, 7) is 6.20. The molecule has 1 fully saturated rings. The van der Waals surface area contributed by atoms with Crippen molar-refractivity contribution in [1.82, 2.24) is 5.32 Å². The van der Waals surface area contributed by atoms with Crippen LogP contribution < -0.4 is 14.8 Å². The second-order valence-corrected chi connectivity index (χ2v) is 6.08. The van der Waals surface area contributed by atoms with E-state index >= 15 is 0 Å². The molecule has 0 radical (unpaired) electrons. The SMILES string of the molecule is CCCOc1c(Cl)cc(CNCC2CCCOC2)cc1OC. The van der Waals surface area contributed by atoms with Gasteiger partial charge in [-0.25, -0.2) is 0 Å². The van der Waals surface area contributed by atoms with Crippen LogP contribution >= 0.6 is 11.6 Å². The number of hydrogen-bond acceptors (Lipinski definition) is 4. The van der Waals surface area contributed by atoms with E-state index in [-0.39, 0.29) is 0 Å². The van der Waals surface area contributed by atoms with E-state index in [0.717, 1.165) is 44.7 Å². The molecule has 0 spiro atoms. The fourth-order valence-corrected chi connectivity index (χ4v) is 2.90. The summed E-state index contributed by atoms with van der Waals surface area (Å²) in [5, 5.41) is 4.08. The molecule has 1 heterocycles. The molecule has 0 amide bonds. The monoisotopic (exact) mass is 327 g/mol. The van der Waals surface area contributed by atoms with Crippen molar-refractivity contribution in [2.24, 2.45) is 5.92 Å². The maximum atomic E-state index is 6.32. The fourth-order valence-electron chi connectivity index (χ4n) is 2.61. The van der Waals surface area contributed by atoms with Gasteiger partial charge in [0.25, 0.3) is 0 Å². The van der Waals surface area contributed by atoms with Gasteiger partial charge >= 0.3 is 0 Å². The van der Waals surface area contributed by atoms with Crippen LogP contribution in [-0.4, -0.2) is 33.5 Å². The van der Waals surface area contributed by atoms with Gasteiger partial charge in [0.1, 0.15) is 0 Å². The minimum absolute atomic E-state index is 0.602. The first-order chi connectivity index (χ1) is 10.7. The molecule has 0 aliphatic carbocycles. The Morgan fingerprint density at radius 3 is 2.95 bits per heavy atom. The first-order valence-corrected chi connectivity index (χ1v) is 8.40. The zero-order valence-corrected chi connectivity index (χ0v) is 14.2. The van der Waals surface area contributed by atoms with E-state index in [1.807, 2.05) is 12.1 Å². The first-order valence-electron chi connectivity index (χ1n) is 8.02. The molecule has 4 nitrogen and oxygen atoms in total. The highest BCUT2D eigenvalue weighted by atomic mass is 35.5. The Morgan fingerprint density at radius 1 is 1.41 bits per heavy atom. The summed E-state index contributed by atoms with van der Waals surface area (Å²) in [5.41, 5.74) is 1.10. The summed E-state index contributed by atoms with van der Waals surface area (Å²) in [4.78, 5) is 0. The molecule has 1 aromatic rings. The second kappa shape index (κ2) is 9.23. The van der Waals surface area contributed by atoms with E-state index in [1.54, 1.807) is 7.11 Å². The van der Waals surface area contributed by atoms with Crippen LogP contribution in [0.4, 0.5) is 0 Å². The number of hydrogen-bond donors (Lipinski definition) is 1. The lowest BCUT2D eigenvalue weighted by molar-refractivity contribution is 0.0547. The molecule has 22 heavy (non-hydrogen) atoms. The van der Waals surface area contributed by atoms with Gasteiger partial charge in [0, 0.05) is 19.7 Å². The maximum Gasteiger partial charge on any atom is 0.179 e. The van der Waals surface area contributed by atoms with Gasteiger partial charge < -0.3 is 19.5 Å². The van der Waals surface area contributed by atoms with E-state index in [1.165, 1.54) is 6.42 Å². The van der Waals surface area contributed by atoms with Crippen LogP contribution in [0.5, 0.6) is 11.5 Å². The number of nitrogens with one attached hydrogen (secondary N) is 1. The van der Waals surface area contributed by atoms with Crippen molar-refractivity contribution in [3.05, 3.63) is 22.7 Å². The molecule has 124 valence electrons. The van der Waals surface area contributed by atoms with Gasteiger partial charge in [0.2, 0.25) is 0 Å². The Bertz CT molecular complexity index is 461. The third-order valence-electron chi connectivity index (χ3n) is 3.76. The number of ether oxygens (including phenoxy) is 3.